The smallest absolute Gasteiger partial charge is 0.549 e. The Balaban J connectivity index is 0.00000169. The number of aliphatic carboxylic acids is 1. The van der Waals surface area contributed by atoms with Crippen LogP contribution in [0, 0.1) is 6.92 Å². The third kappa shape index (κ3) is 3.45. The van der Waals surface area contributed by atoms with E-state index in [2.05, 4.69) is 0 Å². The zero-order valence-corrected chi connectivity index (χ0v) is 10.9. The molecule has 0 amide bonds. The normalized spacial score (nSPS) is 11.6. The molecular weight excluding hydrogens is 187 g/mol. The first-order valence-corrected chi connectivity index (χ1v) is 4.42. The van der Waals surface area contributed by atoms with E-state index in [1.165, 1.54) is 0 Å². The first-order chi connectivity index (χ1) is 6.15. The number of carboxylic acid groups (broad SMARTS) is 1. The van der Waals surface area contributed by atoms with Gasteiger partial charge in [-0.05, 0) is 18.9 Å². The van der Waals surface area contributed by atoms with Crippen molar-refractivity contribution in [1.29, 1.82) is 0 Å². The molecule has 2 nitrogen and oxygen atoms in total. The van der Waals surface area contributed by atoms with E-state index in [9.17, 15) is 9.90 Å². The van der Waals surface area contributed by atoms with E-state index in [4.69, 9.17) is 0 Å². The zero-order valence-electron chi connectivity index (χ0n) is 8.91. The first kappa shape index (κ1) is 13.7. The van der Waals surface area contributed by atoms with E-state index < -0.39 is 11.9 Å². The average molecular weight is 200 g/mol. The second-order valence-corrected chi connectivity index (χ2v) is 3.19. The molecule has 0 aliphatic rings. The van der Waals surface area contributed by atoms with Gasteiger partial charge < -0.3 is 9.90 Å². The van der Waals surface area contributed by atoms with Gasteiger partial charge in [0.25, 0.3) is 0 Å². The van der Waals surface area contributed by atoms with Crippen molar-refractivity contribution in [2.45, 2.75) is 26.2 Å². The van der Waals surface area contributed by atoms with Gasteiger partial charge in [-0.3, -0.25) is 0 Å². The van der Waals surface area contributed by atoms with Crippen molar-refractivity contribution in [1.82, 2.24) is 0 Å². The maximum absolute atomic E-state index is 10.7. The van der Waals surface area contributed by atoms with Crippen molar-refractivity contribution >= 4 is 5.97 Å². The molecule has 1 aromatic rings. The standard InChI is InChI=1S/C11H14O2.Na/c1-3-10(11(12)13)9-6-4-8(2)5-7-9;/h4-7,10H,3H2,1-2H3,(H,12,13);/q;+1/p-1. The number of hydrogen-bond donors (Lipinski definition) is 0. The van der Waals surface area contributed by atoms with Gasteiger partial charge in [-0.25, -0.2) is 0 Å². The van der Waals surface area contributed by atoms with E-state index in [-0.39, 0.29) is 29.6 Å². The summed E-state index contributed by atoms with van der Waals surface area (Å²) in [6, 6.07) is 7.53. The van der Waals surface area contributed by atoms with Crippen molar-refractivity contribution in [3.63, 3.8) is 0 Å². The number of carbonyl (C=O) groups is 1. The fraction of sp³-hybridized carbons (Fsp3) is 0.364. The van der Waals surface area contributed by atoms with Crippen LogP contribution in [-0.2, 0) is 4.79 Å². The van der Waals surface area contributed by atoms with Crippen LogP contribution in [0.25, 0.3) is 0 Å². The molecule has 0 spiro atoms. The van der Waals surface area contributed by atoms with Crippen LogP contribution < -0.4 is 34.7 Å². The van der Waals surface area contributed by atoms with Crippen molar-refractivity contribution in [3.8, 4) is 0 Å². The predicted molar refractivity (Wildman–Crippen MR) is 49.2 cm³/mol. The second-order valence-electron chi connectivity index (χ2n) is 3.19. The molecule has 0 saturated carbocycles. The summed E-state index contributed by atoms with van der Waals surface area (Å²) >= 11 is 0. The van der Waals surface area contributed by atoms with Gasteiger partial charge in [0.15, 0.2) is 0 Å². The third-order valence-electron chi connectivity index (χ3n) is 2.17. The van der Waals surface area contributed by atoms with Gasteiger partial charge >= 0.3 is 29.6 Å². The van der Waals surface area contributed by atoms with E-state index in [0.717, 1.165) is 11.1 Å². The molecule has 0 radical (unpaired) electrons. The fourth-order valence-electron chi connectivity index (χ4n) is 1.34. The summed E-state index contributed by atoms with van der Waals surface area (Å²) < 4.78 is 0. The van der Waals surface area contributed by atoms with E-state index in [1.807, 2.05) is 38.1 Å². The summed E-state index contributed by atoms with van der Waals surface area (Å²) in [7, 11) is 0. The molecule has 0 fully saturated rings. The van der Waals surface area contributed by atoms with Crippen LogP contribution in [0.4, 0.5) is 0 Å². The summed E-state index contributed by atoms with van der Waals surface area (Å²) in [5, 5.41) is 10.7. The Labute approximate surface area is 107 Å². The monoisotopic (exact) mass is 200 g/mol. The molecular formula is C11H13NaO2. The minimum atomic E-state index is -0.994. The summed E-state index contributed by atoms with van der Waals surface area (Å²) in [6.45, 7) is 3.82. The molecule has 0 heterocycles. The average Bonchev–Trinajstić information content (AvgIpc) is 2.09. The Bertz CT molecular complexity index is 293. The minimum Gasteiger partial charge on any atom is -0.549 e. The summed E-state index contributed by atoms with van der Waals surface area (Å²) in [5.74, 6) is -1.47. The van der Waals surface area contributed by atoms with Gasteiger partial charge in [-0.15, -0.1) is 0 Å². The van der Waals surface area contributed by atoms with Gasteiger partial charge in [-0.1, -0.05) is 36.8 Å². The molecule has 0 saturated heterocycles. The Kier molecular flexibility index (Phi) is 6.09. The molecule has 0 aromatic heterocycles. The van der Waals surface area contributed by atoms with Gasteiger partial charge in [0.2, 0.25) is 0 Å². The molecule has 1 rings (SSSR count). The van der Waals surface area contributed by atoms with Gasteiger partial charge in [0, 0.05) is 11.9 Å². The molecule has 0 aliphatic heterocycles. The minimum absolute atomic E-state index is 0. The first-order valence-electron chi connectivity index (χ1n) is 4.42. The van der Waals surface area contributed by atoms with Crippen LogP contribution in [0.3, 0.4) is 0 Å². The molecule has 0 bridgehead atoms. The fourth-order valence-corrected chi connectivity index (χ4v) is 1.34. The van der Waals surface area contributed by atoms with Crippen LogP contribution >= 0.6 is 0 Å². The maximum atomic E-state index is 10.7. The predicted octanol–water partition coefficient (Wildman–Crippen LogP) is -1.76. The summed E-state index contributed by atoms with van der Waals surface area (Å²) in [5.41, 5.74) is 1.96. The van der Waals surface area contributed by atoms with E-state index in [1.54, 1.807) is 0 Å². The van der Waals surface area contributed by atoms with Gasteiger partial charge in [0.1, 0.15) is 0 Å². The Morgan fingerprint density at radius 2 is 1.86 bits per heavy atom. The Morgan fingerprint density at radius 3 is 2.21 bits per heavy atom. The number of rotatable bonds is 3. The molecule has 1 aromatic carbocycles. The maximum Gasteiger partial charge on any atom is 1.00 e. The van der Waals surface area contributed by atoms with Crippen LogP contribution in [0.2, 0.25) is 0 Å². The SMILES string of the molecule is CCC(C(=O)[O-])c1ccc(C)cc1.[Na+]. The molecule has 3 heteroatoms. The second kappa shape index (κ2) is 6.23. The molecule has 1 unspecified atom stereocenters. The Morgan fingerprint density at radius 1 is 1.36 bits per heavy atom. The quantitative estimate of drug-likeness (QED) is 0.542. The van der Waals surface area contributed by atoms with Gasteiger partial charge in [0.05, 0.1) is 0 Å². The zero-order chi connectivity index (χ0) is 9.84. The van der Waals surface area contributed by atoms with Crippen LogP contribution in [0.1, 0.15) is 30.4 Å². The molecule has 0 N–H and O–H groups in total. The summed E-state index contributed by atoms with van der Waals surface area (Å²) in [6.07, 6.45) is 0.575. The molecule has 70 valence electrons. The number of hydrogen-bond acceptors (Lipinski definition) is 2. The molecule has 14 heavy (non-hydrogen) atoms. The van der Waals surface area contributed by atoms with Crippen molar-refractivity contribution in [3.05, 3.63) is 35.4 Å². The van der Waals surface area contributed by atoms with Crippen molar-refractivity contribution in [2.24, 2.45) is 0 Å². The molecule has 1 atom stereocenters. The van der Waals surface area contributed by atoms with Crippen LogP contribution in [-0.4, -0.2) is 5.97 Å². The largest absolute Gasteiger partial charge is 1.00 e. The van der Waals surface area contributed by atoms with Crippen LogP contribution in [0.5, 0.6) is 0 Å². The number of carboxylic acids is 1. The Hall–Kier alpha value is -0.310. The van der Waals surface area contributed by atoms with Gasteiger partial charge in [-0.2, -0.15) is 0 Å². The number of benzene rings is 1. The summed E-state index contributed by atoms with van der Waals surface area (Å²) in [4.78, 5) is 10.7. The topological polar surface area (TPSA) is 40.1 Å². The number of carbonyl (C=O) groups excluding carboxylic acids is 1. The van der Waals surface area contributed by atoms with Crippen LogP contribution in [0.15, 0.2) is 24.3 Å². The molecule has 0 aliphatic carbocycles. The number of aryl methyl sites for hydroxylation is 1. The van der Waals surface area contributed by atoms with E-state index in [0.29, 0.717) is 6.42 Å². The van der Waals surface area contributed by atoms with E-state index >= 15 is 0 Å². The third-order valence-corrected chi connectivity index (χ3v) is 2.17. The van der Waals surface area contributed by atoms with Crippen molar-refractivity contribution in [2.75, 3.05) is 0 Å². The van der Waals surface area contributed by atoms with Crippen molar-refractivity contribution < 1.29 is 39.5 Å².